The molecule has 3 aromatic rings. The highest BCUT2D eigenvalue weighted by molar-refractivity contribution is 6.23. The zero-order chi connectivity index (χ0) is 27.3. The summed E-state index contributed by atoms with van der Waals surface area (Å²) in [6, 6.07) is 23.1. The van der Waals surface area contributed by atoms with Crippen molar-refractivity contribution in [1.29, 1.82) is 0 Å². The highest BCUT2D eigenvalue weighted by atomic mass is 16.5. The van der Waals surface area contributed by atoms with Gasteiger partial charge in [-0.05, 0) is 85.5 Å². The number of carbonyl (C=O) groups excluding carboxylic acids is 4. The highest BCUT2D eigenvalue weighted by Crippen LogP contribution is 2.61. The van der Waals surface area contributed by atoms with E-state index in [0.717, 1.165) is 12.8 Å². The first kappa shape index (κ1) is 25.0. The maximum absolute atomic E-state index is 13.7. The number of esters is 1. The first-order chi connectivity index (χ1) is 18.9. The number of ether oxygens (including phenoxy) is 2. The summed E-state index contributed by atoms with van der Waals surface area (Å²) in [6.45, 7) is 1.52. The van der Waals surface area contributed by atoms with Gasteiger partial charge in [-0.15, -0.1) is 0 Å². The molecule has 6 rings (SSSR count). The van der Waals surface area contributed by atoms with Crippen LogP contribution in [0.2, 0.25) is 0 Å². The molecule has 6 atom stereocenters. The Morgan fingerprint density at radius 2 is 1.56 bits per heavy atom. The lowest BCUT2D eigenvalue weighted by molar-refractivity contribution is -0.123. The average Bonchev–Trinajstić information content (AvgIpc) is 3.64. The fourth-order valence-corrected chi connectivity index (χ4v) is 6.84. The van der Waals surface area contributed by atoms with Crippen LogP contribution in [0.25, 0.3) is 0 Å². The van der Waals surface area contributed by atoms with E-state index in [1.165, 1.54) is 30.6 Å². The molecule has 198 valence electrons. The molecule has 2 aliphatic carbocycles. The van der Waals surface area contributed by atoms with Crippen molar-refractivity contribution in [1.82, 2.24) is 0 Å². The number of ketones is 1. The van der Waals surface area contributed by atoms with E-state index < -0.39 is 12.1 Å². The van der Waals surface area contributed by atoms with Crippen molar-refractivity contribution < 1.29 is 28.7 Å². The topological polar surface area (TPSA) is 90.0 Å². The molecule has 0 unspecified atom stereocenters. The van der Waals surface area contributed by atoms with Gasteiger partial charge in [0.2, 0.25) is 17.6 Å². The van der Waals surface area contributed by atoms with Gasteiger partial charge in [0, 0.05) is 5.56 Å². The summed E-state index contributed by atoms with van der Waals surface area (Å²) in [6.07, 6.45) is 0.788. The van der Waals surface area contributed by atoms with E-state index in [1.807, 2.05) is 18.2 Å². The van der Waals surface area contributed by atoms with Crippen LogP contribution in [0.3, 0.4) is 0 Å². The van der Waals surface area contributed by atoms with Gasteiger partial charge in [-0.3, -0.25) is 19.3 Å². The fraction of sp³-hybridized carbons (Fsp3) is 0.312. The van der Waals surface area contributed by atoms with E-state index in [0.29, 0.717) is 17.0 Å². The van der Waals surface area contributed by atoms with E-state index in [2.05, 4.69) is 12.1 Å². The Morgan fingerprint density at radius 3 is 2.28 bits per heavy atom. The number of imide groups is 1. The number of Topliss-reactive ketones (excluding diaryl/α,β-unsaturated/α-hetero) is 1. The van der Waals surface area contributed by atoms with Crippen molar-refractivity contribution in [3.63, 3.8) is 0 Å². The largest absolute Gasteiger partial charge is 0.497 e. The number of nitrogens with zero attached hydrogens (tertiary/aromatic N) is 1. The van der Waals surface area contributed by atoms with Gasteiger partial charge in [0.05, 0.1) is 30.2 Å². The number of hydrogen-bond acceptors (Lipinski definition) is 6. The molecule has 3 aliphatic rings. The van der Waals surface area contributed by atoms with Crippen LogP contribution in [0.4, 0.5) is 5.69 Å². The summed E-state index contributed by atoms with van der Waals surface area (Å²) in [5.41, 5.74) is 2.15. The Bertz CT molecular complexity index is 1450. The molecule has 3 fully saturated rings. The zero-order valence-corrected chi connectivity index (χ0v) is 21.8. The number of carbonyl (C=O) groups is 4. The van der Waals surface area contributed by atoms with Gasteiger partial charge in [-0.1, -0.05) is 36.4 Å². The number of methoxy groups -OCH3 is 1. The molecular formula is C32H29NO6. The van der Waals surface area contributed by atoms with Crippen LogP contribution in [0.15, 0.2) is 78.9 Å². The minimum atomic E-state index is -1.02. The molecular weight excluding hydrogens is 494 g/mol. The predicted molar refractivity (Wildman–Crippen MR) is 144 cm³/mol. The third-order valence-electron chi connectivity index (χ3n) is 8.61. The number of hydrogen-bond donors (Lipinski definition) is 0. The quantitative estimate of drug-likeness (QED) is 0.245. The predicted octanol–water partition coefficient (Wildman–Crippen LogP) is 5.05. The lowest BCUT2D eigenvalue weighted by atomic mass is 9.73. The maximum Gasteiger partial charge on any atom is 0.338 e. The van der Waals surface area contributed by atoms with Gasteiger partial charge < -0.3 is 9.47 Å². The molecule has 0 spiro atoms. The summed E-state index contributed by atoms with van der Waals surface area (Å²) in [5.74, 6) is -0.833. The van der Waals surface area contributed by atoms with Crippen LogP contribution in [0, 0.1) is 23.7 Å². The summed E-state index contributed by atoms with van der Waals surface area (Å²) < 4.78 is 10.6. The SMILES string of the molecule is COc1ccc(C(=O)[C@@H](C)OC(=O)c2cccc(N3C(=O)[C@@H]4[C@H]5C[C@@H]([C@@H]4C3=O)[C@@H](c3ccccc3)C5)c2)cc1. The Morgan fingerprint density at radius 1 is 0.846 bits per heavy atom. The van der Waals surface area contributed by atoms with Gasteiger partial charge >= 0.3 is 5.97 Å². The number of benzene rings is 3. The molecule has 7 heteroatoms. The molecule has 39 heavy (non-hydrogen) atoms. The lowest BCUT2D eigenvalue weighted by Gasteiger charge is -2.28. The van der Waals surface area contributed by atoms with Crippen molar-refractivity contribution >= 4 is 29.3 Å². The van der Waals surface area contributed by atoms with E-state index >= 15 is 0 Å². The van der Waals surface area contributed by atoms with Gasteiger partial charge in [0.1, 0.15) is 5.75 Å². The summed E-state index contributed by atoms with van der Waals surface area (Å²) >= 11 is 0. The average molecular weight is 524 g/mol. The highest BCUT2D eigenvalue weighted by Gasteiger charge is 2.64. The summed E-state index contributed by atoms with van der Waals surface area (Å²) in [5, 5.41) is 0. The third kappa shape index (κ3) is 4.22. The molecule has 7 nitrogen and oxygen atoms in total. The minimum absolute atomic E-state index is 0.141. The molecule has 2 bridgehead atoms. The van der Waals surface area contributed by atoms with Gasteiger partial charge in [-0.2, -0.15) is 0 Å². The Kier molecular flexibility index (Phi) is 6.29. The fourth-order valence-electron chi connectivity index (χ4n) is 6.84. The van der Waals surface area contributed by atoms with E-state index in [1.54, 1.807) is 42.5 Å². The number of anilines is 1. The van der Waals surface area contributed by atoms with E-state index in [-0.39, 0.29) is 52.8 Å². The molecule has 1 saturated heterocycles. The molecule has 0 N–H and O–H groups in total. The standard InChI is InChI=1S/C32H29NO6/c1-18(29(34)20-11-13-24(38-2)14-12-20)39-32(37)21-9-6-10-23(15-21)33-30(35)27-22-16-25(19-7-4-3-5-8-19)26(17-22)28(27)31(33)36/h3-15,18,22,25-28H,16-17H2,1-2H3/t18-,22-,25-,26-,27-,28+/m1/s1. The second kappa shape index (κ2) is 9.80. The zero-order valence-electron chi connectivity index (χ0n) is 21.8. The second-order valence-corrected chi connectivity index (χ2v) is 10.7. The van der Waals surface area contributed by atoms with Crippen molar-refractivity contribution in [2.45, 2.75) is 31.8 Å². The molecule has 1 aliphatic heterocycles. The van der Waals surface area contributed by atoms with Crippen molar-refractivity contribution in [2.75, 3.05) is 12.0 Å². The summed E-state index contributed by atoms with van der Waals surface area (Å²) in [4.78, 5) is 54.1. The number of fused-ring (bicyclic) bond motifs is 5. The lowest BCUT2D eigenvalue weighted by Crippen LogP contribution is -2.33. The number of amides is 2. The van der Waals surface area contributed by atoms with Crippen LogP contribution in [-0.2, 0) is 14.3 Å². The van der Waals surface area contributed by atoms with Crippen molar-refractivity contribution in [3.8, 4) is 5.75 Å². The van der Waals surface area contributed by atoms with Crippen molar-refractivity contribution in [3.05, 3.63) is 95.6 Å². The van der Waals surface area contributed by atoms with Crippen LogP contribution in [-0.4, -0.2) is 36.8 Å². The Labute approximate surface area is 226 Å². The monoisotopic (exact) mass is 523 g/mol. The minimum Gasteiger partial charge on any atom is -0.497 e. The first-order valence-electron chi connectivity index (χ1n) is 13.3. The summed E-state index contributed by atoms with van der Waals surface area (Å²) in [7, 11) is 1.54. The van der Waals surface area contributed by atoms with Gasteiger partial charge in [0.15, 0.2) is 6.10 Å². The van der Waals surface area contributed by atoms with E-state index in [9.17, 15) is 19.2 Å². The maximum atomic E-state index is 13.7. The van der Waals surface area contributed by atoms with Gasteiger partial charge in [-0.25, -0.2) is 4.79 Å². The first-order valence-corrected chi connectivity index (χ1v) is 13.3. The molecule has 0 aromatic heterocycles. The Balaban J connectivity index is 1.18. The molecule has 1 heterocycles. The third-order valence-corrected chi connectivity index (χ3v) is 8.61. The smallest absolute Gasteiger partial charge is 0.338 e. The van der Waals surface area contributed by atoms with Crippen LogP contribution >= 0.6 is 0 Å². The molecule has 3 aromatic carbocycles. The number of rotatable bonds is 7. The normalized spacial score (nSPS) is 25.9. The Hall–Kier alpha value is -4.26. The van der Waals surface area contributed by atoms with Crippen LogP contribution in [0.5, 0.6) is 5.75 Å². The molecule has 0 radical (unpaired) electrons. The molecule has 2 amide bonds. The van der Waals surface area contributed by atoms with Crippen LogP contribution < -0.4 is 9.64 Å². The molecule has 2 saturated carbocycles. The second-order valence-electron chi connectivity index (χ2n) is 10.7. The van der Waals surface area contributed by atoms with Crippen molar-refractivity contribution in [2.24, 2.45) is 23.7 Å². The van der Waals surface area contributed by atoms with Crippen LogP contribution in [0.1, 0.15) is 52.0 Å². The van der Waals surface area contributed by atoms with E-state index in [4.69, 9.17) is 9.47 Å². The van der Waals surface area contributed by atoms with Gasteiger partial charge in [0.25, 0.3) is 0 Å².